The molecule has 1 fully saturated rings. The Hall–Kier alpha value is -1.69. The van der Waals surface area contributed by atoms with Gasteiger partial charge in [0.2, 0.25) is 0 Å². The first-order valence-electron chi connectivity index (χ1n) is 6.86. The number of hydrogen-bond donors (Lipinski definition) is 1. The highest BCUT2D eigenvalue weighted by Gasteiger charge is 2.21. The molecular weight excluding hydrogens is 274 g/mol. The highest BCUT2D eigenvalue weighted by Crippen LogP contribution is 2.15. The van der Waals surface area contributed by atoms with Crippen LogP contribution in [-0.2, 0) is 0 Å². The smallest absolute Gasteiger partial charge is 0.280 e. The van der Waals surface area contributed by atoms with E-state index >= 15 is 0 Å². The van der Waals surface area contributed by atoms with Crippen LogP contribution >= 0.6 is 11.3 Å². The second-order valence-electron chi connectivity index (χ2n) is 4.74. The normalized spacial score (nSPS) is 15.5. The predicted molar refractivity (Wildman–Crippen MR) is 79.0 cm³/mol. The van der Waals surface area contributed by atoms with E-state index in [9.17, 15) is 9.59 Å². The second-order valence-corrected chi connectivity index (χ2v) is 5.60. The SMILES string of the molecule is C=CCNC(=O)c1nc(C(=O)N2CCCCCC2)cs1. The van der Waals surface area contributed by atoms with Gasteiger partial charge in [-0.15, -0.1) is 17.9 Å². The van der Waals surface area contributed by atoms with Crippen molar-refractivity contribution in [3.63, 3.8) is 0 Å². The highest BCUT2D eigenvalue weighted by molar-refractivity contribution is 7.11. The van der Waals surface area contributed by atoms with Crippen molar-refractivity contribution in [2.75, 3.05) is 19.6 Å². The maximum atomic E-state index is 12.3. The van der Waals surface area contributed by atoms with Crippen LogP contribution in [0.25, 0.3) is 0 Å². The average Bonchev–Trinajstić information content (AvgIpc) is 2.80. The monoisotopic (exact) mass is 293 g/mol. The molecule has 0 unspecified atom stereocenters. The zero-order valence-corrected chi connectivity index (χ0v) is 12.2. The molecule has 0 spiro atoms. The van der Waals surface area contributed by atoms with Gasteiger partial charge in [-0.1, -0.05) is 18.9 Å². The average molecular weight is 293 g/mol. The number of nitrogens with zero attached hydrogens (tertiary/aromatic N) is 2. The van der Waals surface area contributed by atoms with Gasteiger partial charge in [0, 0.05) is 25.0 Å². The third kappa shape index (κ3) is 3.66. The van der Waals surface area contributed by atoms with Gasteiger partial charge in [-0.3, -0.25) is 9.59 Å². The minimum absolute atomic E-state index is 0.0640. The van der Waals surface area contributed by atoms with Gasteiger partial charge in [0.25, 0.3) is 11.8 Å². The van der Waals surface area contributed by atoms with Crippen LogP contribution in [0.4, 0.5) is 0 Å². The van der Waals surface area contributed by atoms with E-state index in [1.165, 1.54) is 24.2 Å². The van der Waals surface area contributed by atoms with E-state index in [4.69, 9.17) is 0 Å². The summed E-state index contributed by atoms with van der Waals surface area (Å²) in [6.45, 7) is 5.51. The number of aromatic nitrogens is 1. The molecule has 0 saturated carbocycles. The Morgan fingerprint density at radius 1 is 1.35 bits per heavy atom. The van der Waals surface area contributed by atoms with E-state index in [1.54, 1.807) is 11.5 Å². The largest absolute Gasteiger partial charge is 0.347 e. The molecule has 0 aliphatic carbocycles. The molecule has 2 heterocycles. The van der Waals surface area contributed by atoms with Crippen molar-refractivity contribution in [2.45, 2.75) is 25.7 Å². The lowest BCUT2D eigenvalue weighted by molar-refractivity contribution is 0.0756. The Morgan fingerprint density at radius 2 is 2.05 bits per heavy atom. The molecule has 1 aromatic heterocycles. The fourth-order valence-corrected chi connectivity index (χ4v) is 2.86. The second kappa shape index (κ2) is 7.19. The molecule has 0 radical (unpaired) electrons. The fourth-order valence-electron chi connectivity index (χ4n) is 2.15. The minimum atomic E-state index is -0.259. The lowest BCUT2D eigenvalue weighted by Crippen LogP contribution is -2.32. The molecule has 1 saturated heterocycles. The number of hydrogen-bond acceptors (Lipinski definition) is 4. The lowest BCUT2D eigenvalue weighted by Gasteiger charge is -2.18. The summed E-state index contributed by atoms with van der Waals surface area (Å²) < 4.78 is 0. The molecule has 0 bridgehead atoms. The van der Waals surface area contributed by atoms with Gasteiger partial charge in [-0.2, -0.15) is 0 Å². The van der Waals surface area contributed by atoms with Gasteiger partial charge in [0.1, 0.15) is 5.69 Å². The molecule has 6 heteroatoms. The minimum Gasteiger partial charge on any atom is -0.347 e. The first kappa shape index (κ1) is 14.7. The number of nitrogens with one attached hydrogen (secondary N) is 1. The van der Waals surface area contributed by atoms with E-state index < -0.39 is 0 Å². The molecule has 1 aromatic rings. The number of rotatable bonds is 4. The number of amides is 2. The van der Waals surface area contributed by atoms with Crippen molar-refractivity contribution in [3.8, 4) is 0 Å². The summed E-state index contributed by atoms with van der Waals surface area (Å²) in [5.41, 5.74) is 0.376. The quantitative estimate of drug-likeness (QED) is 0.865. The molecule has 0 aromatic carbocycles. The van der Waals surface area contributed by atoms with E-state index in [0.717, 1.165) is 25.9 Å². The Labute approximate surface area is 122 Å². The fraction of sp³-hybridized carbons (Fsp3) is 0.500. The summed E-state index contributed by atoms with van der Waals surface area (Å²) in [6, 6.07) is 0. The van der Waals surface area contributed by atoms with Crippen LogP contribution < -0.4 is 5.32 Å². The van der Waals surface area contributed by atoms with Crippen molar-refractivity contribution in [2.24, 2.45) is 0 Å². The van der Waals surface area contributed by atoms with Crippen molar-refractivity contribution in [3.05, 3.63) is 28.7 Å². The number of carbonyl (C=O) groups excluding carboxylic acids is 2. The first-order chi connectivity index (χ1) is 9.72. The van der Waals surface area contributed by atoms with Gasteiger partial charge in [0.15, 0.2) is 5.01 Å². The number of thiazole rings is 1. The summed E-state index contributed by atoms with van der Waals surface area (Å²) >= 11 is 1.20. The van der Waals surface area contributed by atoms with E-state index in [-0.39, 0.29) is 11.8 Å². The summed E-state index contributed by atoms with van der Waals surface area (Å²) in [4.78, 5) is 30.1. The molecule has 5 nitrogen and oxygen atoms in total. The molecular formula is C14H19N3O2S. The molecule has 2 amide bonds. The lowest BCUT2D eigenvalue weighted by atomic mass is 10.2. The summed E-state index contributed by atoms with van der Waals surface area (Å²) in [5.74, 6) is -0.323. The van der Waals surface area contributed by atoms with E-state index in [0.29, 0.717) is 17.2 Å². The molecule has 108 valence electrons. The van der Waals surface area contributed by atoms with Crippen molar-refractivity contribution in [1.29, 1.82) is 0 Å². The Morgan fingerprint density at radius 3 is 2.70 bits per heavy atom. The van der Waals surface area contributed by atoms with Gasteiger partial charge in [0.05, 0.1) is 0 Å². The van der Waals surface area contributed by atoms with Crippen LogP contribution in [0.3, 0.4) is 0 Å². The maximum Gasteiger partial charge on any atom is 0.280 e. The third-order valence-corrected chi connectivity index (χ3v) is 4.06. The van der Waals surface area contributed by atoms with E-state index in [1.807, 2.05) is 4.90 Å². The topological polar surface area (TPSA) is 62.3 Å². The zero-order valence-electron chi connectivity index (χ0n) is 11.4. The highest BCUT2D eigenvalue weighted by atomic mass is 32.1. The molecule has 1 aliphatic heterocycles. The van der Waals surface area contributed by atoms with Crippen molar-refractivity contribution in [1.82, 2.24) is 15.2 Å². The summed E-state index contributed by atoms with van der Waals surface area (Å²) in [6.07, 6.45) is 6.05. The van der Waals surface area contributed by atoms with Gasteiger partial charge >= 0.3 is 0 Å². The van der Waals surface area contributed by atoms with Crippen molar-refractivity contribution < 1.29 is 9.59 Å². The maximum absolute atomic E-state index is 12.3. The van der Waals surface area contributed by atoms with Crippen LogP contribution in [0.2, 0.25) is 0 Å². The van der Waals surface area contributed by atoms with Crippen LogP contribution in [0, 0.1) is 0 Å². The first-order valence-corrected chi connectivity index (χ1v) is 7.74. The number of carbonyl (C=O) groups is 2. The number of likely N-dealkylation sites (tertiary alicyclic amines) is 1. The molecule has 20 heavy (non-hydrogen) atoms. The van der Waals surface area contributed by atoms with Gasteiger partial charge in [-0.05, 0) is 12.8 Å². The van der Waals surface area contributed by atoms with Crippen LogP contribution in [0.15, 0.2) is 18.0 Å². The summed E-state index contributed by atoms with van der Waals surface area (Å²) in [5, 5.41) is 4.64. The van der Waals surface area contributed by atoms with Gasteiger partial charge < -0.3 is 10.2 Å². The Bertz CT molecular complexity index is 490. The van der Waals surface area contributed by atoms with E-state index in [2.05, 4.69) is 16.9 Å². The van der Waals surface area contributed by atoms with Crippen LogP contribution in [0.5, 0.6) is 0 Å². The molecule has 1 aliphatic rings. The summed E-state index contributed by atoms with van der Waals surface area (Å²) in [7, 11) is 0. The van der Waals surface area contributed by atoms with Gasteiger partial charge in [-0.25, -0.2) is 4.98 Å². The molecule has 1 N–H and O–H groups in total. The van der Waals surface area contributed by atoms with Crippen molar-refractivity contribution >= 4 is 23.2 Å². The molecule has 0 atom stereocenters. The van der Waals surface area contributed by atoms with Crippen LogP contribution in [-0.4, -0.2) is 41.3 Å². The zero-order chi connectivity index (χ0) is 14.4. The third-order valence-electron chi connectivity index (χ3n) is 3.22. The standard InChI is InChI=1S/C14H19N3O2S/c1-2-7-15-12(18)13-16-11(10-20-13)14(19)17-8-5-3-4-6-9-17/h2,10H,1,3-9H2,(H,15,18). The van der Waals surface area contributed by atoms with Crippen LogP contribution in [0.1, 0.15) is 46.0 Å². The predicted octanol–water partition coefficient (Wildman–Crippen LogP) is 2.08. The Balaban J connectivity index is 2.01. The molecule has 2 rings (SSSR count). The Kier molecular flexibility index (Phi) is 5.29.